The van der Waals surface area contributed by atoms with Gasteiger partial charge >= 0.3 is 0 Å². The lowest BCUT2D eigenvalue weighted by Gasteiger charge is -1.93. The molecule has 0 fully saturated rings. The van der Waals surface area contributed by atoms with E-state index in [-0.39, 0.29) is 12.3 Å². The van der Waals surface area contributed by atoms with E-state index in [1.165, 1.54) is 0 Å². The Balaban J connectivity index is 2.34. The molecule has 0 aromatic carbocycles. The van der Waals surface area contributed by atoms with Gasteiger partial charge < -0.3 is 4.40 Å². The fourth-order valence-electron chi connectivity index (χ4n) is 1.32. The van der Waals surface area contributed by atoms with Crippen molar-refractivity contribution in [2.75, 3.05) is 0 Å². The first kappa shape index (κ1) is 9.95. The second-order valence-electron chi connectivity index (χ2n) is 3.09. The summed E-state index contributed by atoms with van der Waals surface area (Å²) < 4.78 is 1.77. The van der Waals surface area contributed by atoms with Crippen LogP contribution in [0.5, 0.6) is 0 Å². The van der Waals surface area contributed by atoms with Crippen molar-refractivity contribution < 1.29 is 4.79 Å². The van der Waals surface area contributed by atoms with Crippen LogP contribution in [0.1, 0.15) is 5.69 Å². The van der Waals surface area contributed by atoms with Crippen LogP contribution in [0.3, 0.4) is 0 Å². The maximum absolute atomic E-state index is 11.0. The molecule has 2 rings (SSSR count). The highest BCUT2D eigenvalue weighted by Gasteiger charge is 2.06. The molecule has 0 saturated carbocycles. The van der Waals surface area contributed by atoms with E-state index in [9.17, 15) is 4.79 Å². The SMILES string of the molecule is NNC(=O)Cc1cn2cc(Cl)ccc2n1. The summed E-state index contributed by atoms with van der Waals surface area (Å²) >= 11 is 5.81. The van der Waals surface area contributed by atoms with Gasteiger partial charge in [-0.15, -0.1) is 0 Å². The van der Waals surface area contributed by atoms with Gasteiger partial charge in [-0.3, -0.25) is 10.2 Å². The molecule has 0 unspecified atom stereocenters. The molecule has 0 aliphatic rings. The van der Waals surface area contributed by atoms with Crippen LogP contribution in [-0.2, 0) is 11.2 Å². The highest BCUT2D eigenvalue weighted by Crippen LogP contribution is 2.11. The van der Waals surface area contributed by atoms with Gasteiger partial charge in [-0.05, 0) is 12.1 Å². The van der Waals surface area contributed by atoms with E-state index in [0.717, 1.165) is 5.65 Å². The van der Waals surface area contributed by atoms with Crippen LogP contribution in [0.25, 0.3) is 5.65 Å². The number of nitrogens with two attached hydrogens (primary N) is 1. The molecule has 0 aliphatic heterocycles. The zero-order valence-corrected chi connectivity index (χ0v) is 8.53. The molecule has 0 bridgehead atoms. The number of nitrogens with one attached hydrogen (secondary N) is 1. The van der Waals surface area contributed by atoms with Crippen molar-refractivity contribution in [2.24, 2.45) is 5.84 Å². The Morgan fingerprint density at radius 2 is 2.33 bits per heavy atom. The Bertz CT molecular complexity index is 508. The molecule has 2 heterocycles. The van der Waals surface area contributed by atoms with Crippen molar-refractivity contribution in [3.8, 4) is 0 Å². The quantitative estimate of drug-likeness (QED) is 0.444. The van der Waals surface area contributed by atoms with Crippen LogP contribution in [0.4, 0.5) is 0 Å². The van der Waals surface area contributed by atoms with Gasteiger partial charge in [0, 0.05) is 12.4 Å². The zero-order chi connectivity index (χ0) is 10.8. The number of amides is 1. The van der Waals surface area contributed by atoms with Gasteiger partial charge in [0.2, 0.25) is 5.91 Å². The van der Waals surface area contributed by atoms with Crippen LogP contribution < -0.4 is 11.3 Å². The van der Waals surface area contributed by atoms with Crippen molar-refractivity contribution in [3.05, 3.63) is 35.2 Å². The topological polar surface area (TPSA) is 72.4 Å². The lowest BCUT2D eigenvalue weighted by molar-refractivity contribution is -0.120. The fourth-order valence-corrected chi connectivity index (χ4v) is 1.49. The second-order valence-corrected chi connectivity index (χ2v) is 3.53. The van der Waals surface area contributed by atoms with E-state index in [2.05, 4.69) is 10.4 Å². The number of nitrogens with zero attached hydrogens (tertiary/aromatic N) is 2. The maximum atomic E-state index is 11.0. The summed E-state index contributed by atoms with van der Waals surface area (Å²) in [6.45, 7) is 0. The molecule has 0 aliphatic carbocycles. The number of pyridine rings is 1. The van der Waals surface area contributed by atoms with Crippen LogP contribution in [-0.4, -0.2) is 15.3 Å². The standard InChI is InChI=1S/C9H9ClN4O/c10-6-1-2-8-12-7(3-9(15)13-11)5-14(8)4-6/h1-2,4-5H,3,11H2,(H,13,15). The molecule has 5 nitrogen and oxygen atoms in total. The average Bonchev–Trinajstić information content (AvgIpc) is 2.59. The number of hydrogen-bond donors (Lipinski definition) is 2. The summed E-state index contributed by atoms with van der Waals surface area (Å²) in [6, 6.07) is 3.53. The number of fused-ring (bicyclic) bond motifs is 1. The third-order valence-electron chi connectivity index (χ3n) is 1.97. The first-order valence-electron chi connectivity index (χ1n) is 4.31. The molecule has 0 spiro atoms. The molecule has 2 aromatic heterocycles. The van der Waals surface area contributed by atoms with Crippen molar-refractivity contribution in [2.45, 2.75) is 6.42 Å². The highest BCUT2D eigenvalue weighted by molar-refractivity contribution is 6.30. The first-order chi connectivity index (χ1) is 7.19. The lowest BCUT2D eigenvalue weighted by Crippen LogP contribution is -2.31. The molecular formula is C9H9ClN4O. The molecule has 15 heavy (non-hydrogen) atoms. The molecule has 78 valence electrons. The first-order valence-corrected chi connectivity index (χ1v) is 4.69. The van der Waals surface area contributed by atoms with E-state index < -0.39 is 0 Å². The molecule has 0 saturated heterocycles. The minimum absolute atomic E-state index is 0.162. The monoisotopic (exact) mass is 224 g/mol. The number of carbonyl (C=O) groups excluding carboxylic acids is 1. The second kappa shape index (κ2) is 3.88. The number of imidazole rings is 1. The fraction of sp³-hybridized carbons (Fsp3) is 0.111. The molecular weight excluding hydrogens is 216 g/mol. The zero-order valence-electron chi connectivity index (χ0n) is 7.77. The number of halogens is 1. The van der Waals surface area contributed by atoms with Gasteiger partial charge in [0.25, 0.3) is 0 Å². The molecule has 0 atom stereocenters. The van der Waals surface area contributed by atoms with Crippen LogP contribution in [0.2, 0.25) is 5.02 Å². The largest absolute Gasteiger partial charge is 0.305 e. The normalized spacial score (nSPS) is 10.5. The van der Waals surface area contributed by atoms with Gasteiger partial charge in [-0.2, -0.15) is 0 Å². The summed E-state index contributed by atoms with van der Waals surface area (Å²) in [5.41, 5.74) is 3.46. The Hall–Kier alpha value is -1.59. The van der Waals surface area contributed by atoms with Gasteiger partial charge in [0.15, 0.2) is 0 Å². The van der Waals surface area contributed by atoms with Gasteiger partial charge in [-0.25, -0.2) is 10.8 Å². The number of hydrogen-bond acceptors (Lipinski definition) is 3. The maximum Gasteiger partial charge on any atom is 0.239 e. The summed E-state index contributed by atoms with van der Waals surface area (Å²) in [7, 11) is 0. The Morgan fingerprint density at radius 1 is 1.53 bits per heavy atom. The molecule has 0 radical (unpaired) electrons. The highest BCUT2D eigenvalue weighted by atomic mass is 35.5. The number of carbonyl (C=O) groups is 1. The predicted molar refractivity (Wildman–Crippen MR) is 56.2 cm³/mol. The van der Waals surface area contributed by atoms with Crippen LogP contribution in [0.15, 0.2) is 24.5 Å². The summed E-state index contributed by atoms with van der Waals surface area (Å²) in [6.07, 6.45) is 3.64. The van der Waals surface area contributed by atoms with E-state index >= 15 is 0 Å². The van der Waals surface area contributed by atoms with Crippen molar-refractivity contribution in [1.29, 1.82) is 0 Å². The summed E-state index contributed by atoms with van der Waals surface area (Å²) in [5, 5.41) is 0.620. The minimum Gasteiger partial charge on any atom is -0.305 e. The summed E-state index contributed by atoms with van der Waals surface area (Å²) in [4.78, 5) is 15.2. The van der Waals surface area contributed by atoms with Crippen molar-refractivity contribution in [3.63, 3.8) is 0 Å². The van der Waals surface area contributed by atoms with Gasteiger partial charge in [0.05, 0.1) is 17.1 Å². The molecule has 2 aromatic rings. The van der Waals surface area contributed by atoms with E-state index in [1.54, 1.807) is 28.9 Å². The Kier molecular flexibility index (Phi) is 2.57. The van der Waals surface area contributed by atoms with Gasteiger partial charge in [0.1, 0.15) is 5.65 Å². The number of rotatable bonds is 2. The van der Waals surface area contributed by atoms with E-state index in [0.29, 0.717) is 10.7 Å². The third-order valence-corrected chi connectivity index (χ3v) is 2.19. The number of hydrazine groups is 1. The lowest BCUT2D eigenvalue weighted by atomic mass is 10.3. The molecule has 6 heteroatoms. The van der Waals surface area contributed by atoms with E-state index in [4.69, 9.17) is 17.4 Å². The van der Waals surface area contributed by atoms with Gasteiger partial charge in [-0.1, -0.05) is 11.6 Å². The smallest absolute Gasteiger partial charge is 0.239 e. The van der Waals surface area contributed by atoms with Crippen molar-refractivity contribution in [1.82, 2.24) is 14.8 Å². The Labute approximate surface area is 90.8 Å². The predicted octanol–water partition coefficient (Wildman–Crippen LogP) is 0.520. The third kappa shape index (κ3) is 2.08. The van der Waals surface area contributed by atoms with Crippen molar-refractivity contribution >= 4 is 23.2 Å². The number of aromatic nitrogens is 2. The van der Waals surface area contributed by atoms with Crippen LogP contribution >= 0.6 is 11.6 Å². The van der Waals surface area contributed by atoms with E-state index in [1.807, 2.05) is 0 Å². The molecule has 3 N–H and O–H groups in total. The summed E-state index contributed by atoms with van der Waals surface area (Å²) in [5.74, 6) is 4.71. The Morgan fingerprint density at radius 3 is 3.07 bits per heavy atom. The minimum atomic E-state index is -0.274. The average molecular weight is 225 g/mol. The van der Waals surface area contributed by atoms with Crippen LogP contribution in [0, 0.1) is 0 Å². The molecule has 1 amide bonds.